The first-order chi connectivity index (χ1) is 15.7. The van der Waals surface area contributed by atoms with Crippen LogP contribution in [-0.4, -0.2) is 98.5 Å². The highest BCUT2D eigenvalue weighted by molar-refractivity contribution is 7.99. The van der Waals surface area contributed by atoms with E-state index in [2.05, 4.69) is 0 Å². The van der Waals surface area contributed by atoms with E-state index in [0.717, 1.165) is 18.4 Å². The molecule has 0 amide bonds. The van der Waals surface area contributed by atoms with Gasteiger partial charge in [-0.25, -0.2) is 16.8 Å². The molecule has 0 saturated carbocycles. The van der Waals surface area contributed by atoms with Crippen LogP contribution in [0.15, 0.2) is 68.1 Å². The third-order valence-electron chi connectivity index (χ3n) is 4.56. The number of benzene rings is 2. The molecule has 0 fully saturated rings. The summed E-state index contributed by atoms with van der Waals surface area (Å²) < 4.78 is 52.7. The van der Waals surface area contributed by atoms with Gasteiger partial charge in [0.05, 0.1) is 36.2 Å². The Morgan fingerprint density at radius 1 is 0.545 bits per heavy atom. The molecule has 2 aromatic rings. The molecule has 0 aliphatic carbocycles. The Kier molecular flexibility index (Phi) is 10.7. The van der Waals surface area contributed by atoms with Crippen molar-refractivity contribution in [2.45, 2.75) is 19.6 Å². The summed E-state index contributed by atoms with van der Waals surface area (Å²) in [5.41, 5.74) is 0. The lowest BCUT2D eigenvalue weighted by Gasteiger charge is -2.20. The van der Waals surface area contributed by atoms with Crippen LogP contribution in [0.1, 0.15) is 0 Å². The molecule has 33 heavy (non-hydrogen) atoms. The van der Waals surface area contributed by atoms with Gasteiger partial charge in [-0.15, -0.1) is 0 Å². The van der Waals surface area contributed by atoms with Crippen LogP contribution < -0.4 is 0 Å². The average Bonchev–Trinajstić information content (AvgIpc) is 2.79. The average molecular weight is 521 g/mol. The van der Waals surface area contributed by atoms with E-state index in [1.165, 1.54) is 36.0 Å². The Balaban J connectivity index is 2.16. The van der Waals surface area contributed by atoms with Crippen LogP contribution in [0, 0.1) is 0 Å². The van der Waals surface area contributed by atoms with Crippen LogP contribution in [0.4, 0.5) is 0 Å². The topological polar surface area (TPSA) is 156 Å². The molecule has 4 N–H and O–H groups in total. The lowest BCUT2D eigenvalue weighted by molar-refractivity contribution is 0.217. The predicted molar refractivity (Wildman–Crippen MR) is 123 cm³/mol. The Hall–Kier alpha value is -1.55. The number of aliphatic hydroxyl groups is 4. The second kappa shape index (κ2) is 12.8. The number of hydrogen-bond acceptors (Lipinski definition) is 9. The molecule has 0 unspecified atom stereocenters. The van der Waals surface area contributed by atoms with Crippen molar-refractivity contribution in [3.8, 4) is 0 Å². The fraction of sp³-hybridized carbons (Fsp3) is 0.400. The normalized spacial score (nSPS) is 12.5. The molecule has 10 nitrogen and oxygen atoms in total. The largest absolute Gasteiger partial charge is 0.395 e. The highest BCUT2D eigenvalue weighted by Gasteiger charge is 2.24. The molecule has 0 atom stereocenters. The smallest absolute Gasteiger partial charge is 0.243 e. The van der Waals surface area contributed by atoms with E-state index < -0.39 is 20.0 Å². The SMILES string of the molecule is O=S(=O)(c1ccc(Sc2ccc(S(=O)(=O)N(CCO)CCO)cc2)cc1)N(CCO)CCO. The third-order valence-corrected chi connectivity index (χ3v) is 9.40. The van der Waals surface area contributed by atoms with Gasteiger partial charge in [-0.1, -0.05) is 11.8 Å². The van der Waals surface area contributed by atoms with Crippen LogP contribution in [-0.2, 0) is 20.0 Å². The highest BCUT2D eigenvalue weighted by Crippen LogP contribution is 2.30. The van der Waals surface area contributed by atoms with Crippen LogP contribution in [0.2, 0.25) is 0 Å². The van der Waals surface area contributed by atoms with E-state index in [9.17, 15) is 16.8 Å². The Labute approximate surface area is 198 Å². The summed E-state index contributed by atoms with van der Waals surface area (Å²) in [5.74, 6) is 0. The maximum Gasteiger partial charge on any atom is 0.243 e. The van der Waals surface area contributed by atoms with E-state index in [4.69, 9.17) is 20.4 Å². The Morgan fingerprint density at radius 3 is 1.06 bits per heavy atom. The van der Waals surface area contributed by atoms with Crippen LogP contribution in [0.25, 0.3) is 0 Å². The van der Waals surface area contributed by atoms with Crippen molar-refractivity contribution in [1.82, 2.24) is 8.61 Å². The Bertz CT molecular complexity index is 976. The number of sulfonamides is 2. The third kappa shape index (κ3) is 7.21. The number of aliphatic hydroxyl groups excluding tert-OH is 4. The standard InChI is InChI=1S/C20H28N2O8S3/c23-13-9-21(10-14-24)32(27,28)19-5-1-17(2-6-19)31-18-3-7-20(8-4-18)33(29,30)22(11-15-25)12-16-26/h1-8,23-26H,9-16H2. The summed E-state index contributed by atoms with van der Waals surface area (Å²) in [6.45, 7) is -1.95. The van der Waals surface area contributed by atoms with Gasteiger partial charge in [0.1, 0.15) is 0 Å². The number of hydrogen-bond donors (Lipinski definition) is 4. The maximum absolute atomic E-state index is 12.7. The molecule has 0 aromatic heterocycles. The van der Waals surface area contributed by atoms with E-state index in [1.54, 1.807) is 24.3 Å². The summed E-state index contributed by atoms with van der Waals surface area (Å²) >= 11 is 1.31. The molecule has 0 aliphatic rings. The van der Waals surface area contributed by atoms with E-state index in [1.807, 2.05) is 0 Å². The van der Waals surface area contributed by atoms with Crippen molar-refractivity contribution in [3.05, 3.63) is 48.5 Å². The van der Waals surface area contributed by atoms with Crippen molar-refractivity contribution in [1.29, 1.82) is 0 Å². The van der Waals surface area contributed by atoms with Gasteiger partial charge in [0.25, 0.3) is 0 Å². The van der Waals surface area contributed by atoms with Gasteiger partial charge in [-0.3, -0.25) is 0 Å². The summed E-state index contributed by atoms with van der Waals surface area (Å²) in [7, 11) is -7.72. The Morgan fingerprint density at radius 2 is 0.818 bits per heavy atom. The zero-order valence-electron chi connectivity index (χ0n) is 17.8. The monoisotopic (exact) mass is 520 g/mol. The molecular weight excluding hydrogens is 492 g/mol. The van der Waals surface area contributed by atoms with Crippen LogP contribution in [0.3, 0.4) is 0 Å². The van der Waals surface area contributed by atoms with E-state index in [0.29, 0.717) is 0 Å². The van der Waals surface area contributed by atoms with E-state index in [-0.39, 0.29) is 62.4 Å². The molecular formula is C20H28N2O8S3. The maximum atomic E-state index is 12.7. The second-order valence-corrected chi connectivity index (χ2v) is 11.8. The van der Waals surface area contributed by atoms with E-state index >= 15 is 0 Å². The molecule has 2 aromatic carbocycles. The fourth-order valence-electron chi connectivity index (χ4n) is 2.94. The first-order valence-electron chi connectivity index (χ1n) is 10.0. The number of nitrogens with zero attached hydrogens (tertiary/aromatic N) is 2. The van der Waals surface area contributed by atoms with Crippen molar-refractivity contribution < 1.29 is 37.3 Å². The number of rotatable bonds is 14. The predicted octanol–water partition coefficient (Wildman–Crippen LogP) is -0.212. The quantitative estimate of drug-likeness (QED) is 0.265. The highest BCUT2D eigenvalue weighted by atomic mass is 32.2. The molecule has 13 heteroatoms. The molecule has 0 radical (unpaired) electrons. The van der Waals surface area contributed by atoms with Gasteiger partial charge in [0.15, 0.2) is 0 Å². The van der Waals surface area contributed by atoms with Crippen molar-refractivity contribution >= 4 is 31.8 Å². The molecule has 0 bridgehead atoms. The van der Waals surface area contributed by atoms with Crippen molar-refractivity contribution in [2.24, 2.45) is 0 Å². The summed E-state index contributed by atoms with van der Waals surface area (Å²) in [4.78, 5) is 1.51. The minimum Gasteiger partial charge on any atom is -0.395 e. The van der Waals surface area contributed by atoms with Crippen LogP contribution in [0.5, 0.6) is 0 Å². The second-order valence-electron chi connectivity index (χ2n) is 6.75. The van der Waals surface area contributed by atoms with Gasteiger partial charge in [0, 0.05) is 36.0 Å². The zero-order valence-corrected chi connectivity index (χ0v) is 20.3. The van der Waals surface area contributed by atoms with Crippen LogP contribution >= 0.6 is 11.8 Å². The summed E-state index contributed by atoms with van der Waals surface area (Å²) in [6.07, 6.45) is 0. The minimum atomic E-state index is -3.86. The van der Waals surface area contributed by atoms with Gasteiger partial charge < -0.3 is 20.4 Å². The first-order valence-corrected chi connectivity index (χ1v) is 13.7. The minimum absolute atomic E-state index is 0.0306. The van der Waals surface area contributed by atoms with Gasteiger partial charge in [-0.05, 0) is 48.5 Å². The van der Waals surface area contributed by atoms with Crippen molar-refractivity contribution in [3.63, 3.8) is 0 Å². The zero-order chi connectivity index (χ0) is 24.5. The summed E-state index contributed by atoms with van der Waals surface area (Å²) in [5, 5.41) is 36.3. The van der Waals surface area contributed by atoms with Gasteiger partial charge in [0.2, 0.25) is 20.0 Å². The van der Waals surface area contributed by atoms with Crippen molar-refractivity contribution in [2.75, 3.05) is 52.6 Å². The van der Waals surface area contributed by atoms with Gasteiger partial charge >= 0.3 is 0 Å². The van der Waals surface area contributed by atoms with Gasteiger partial charge in [-0.2, -0.15) is 8.61 Å². The first kappa shape index (κ1) is 27.7. The summed E-state index contributed by atoms with van der Waals surface area (Å²) in [6, 6.07) is 12.2. The molecule has 2 rings (SSSR count). The fourth-order valence-corrected chi connectivity index (χ4v) is 6.60. The molecule has 0 spiro atoms. The molecule has 0 saturated heterocycles. The molecule has 184 valence electrons. The molecule has 0 aliphatic heterocycles. The lowest BCUT2D eigenvalue weighted by Crippen LogP contribution is -2.35. The lowest BCUT2D eigenvalue weighted by atomic mass is 10.4. The molecule has 0 heterocycles.